The van der Waals surface area contributed by atoms with Gasteiger partial charge in [-0.1, -0.05) is 23.7 Å². The first-order valence-corrected chi connectivity index (χ1v) is 7.29. The lowest BCUT2D eigenvalue weighted by atomic mass is 10.1. The minimum absolute atomic E-state index is 0.160. The largest absolute Gasteiger partial charge is 0.478 e. The maximum atomic E-state index is 11.2. The highest BCUT2D eigenvalue weighted by Gasteiger charge is 2.29. The lowest BCUT2D eigenvalue weighted by Gasteiger charge is -2.22. The molecule has 3 rings (SSSR count). The number of carboxylic acids is 1. The van der Waals surface area contributed by atoms with Crippen molar-refractivity contribution in [3.05, 3.63) is 58.5 Å². The molecular weight excluding hydrogens is 290 g/mol. The van der Waals surface area contributed by atoms with Gasteiger partial charge in [0.05, 0.1) is 23.1 Å². The van der Waals surface area contributed by atoms with Crippen molar-refractivity contribution in [3.63, 3.8) is 0 Å². The van der Waals surface area contributed by atoms with Crippen LogP contribution in [0.1, 0.15) is 34.3 Å². The van der Waals surface area contributed by atoms with Crippen LogP contribution in [0.15, 0.2) is 41.2 Å². The number of hydrogen-bond donors (Lipinski definition) is 1. The van der Waals surface area contributed by atoms with Gasteiger partial charge in [0.1, 0.15) is 0 Å². The number of hydrogen-bond acceptors (Lipinski definition) is 3. The van der Waals surface area contributed by atoms with Gasteiger partial charge in [-0.3, -0.25) is 4.90 Å². The topological polar surface area (TPSA) is 53.7 Å². The summed E-state index contributed by atoms with van der Waals surface area (Å²) in [5.74, 6) is -0.991. The minimum Gasteiger partial charge on any atom is -0.478 e. The molecule has 21 heavy (non-hydrogen) atoms. The SMILES string of the molecule is O=C(O)c1cccc(CN(Cc2ccoc2)C2CC2)c1Cl. The highest BCUT2D eigenvalue weighted by atomic mass is 35.5. The third kappa shape index (κ3) is 3.28. The maximum absolute atomic E-state index is 11.2. The molecule has 2 aromatic rings. The molecule has 4 nitrogen and oxygen atoms in total. The minimum atomic E-state index is -0.991. The van der Waals surface area contributed by atoms with Crippen LogP contribution in [0.2, 0.25) is 5.02 Å². The molecule has 1 aliphatic carbocycles. The van der Waals surface area contributed by atoms with Gasteiger partial charge in [-0.2, -0.15) is 0 Å². The number of halogens is 1. The average Bonchev–Trinajstić information content (AvgIpc) is 3.18. The second-order valence-electron chi connectivity index (χ2n) is 5.35. The molecule has 0 unspecified atom stereocenters. The Kier molecular flexibility index (Phi) is 3.99. The molecule has 110 valence electrons. The van der Waals surface area contributed by atoms with Gasteiger partial charge in [-0.25, -0.2) is 4.79 Å². The zero-order valence-electron chi connectivity index (χ0n) is 11.5. The molecule has 0 aliphatic heterocycles. The summed E-state index contributed by atoms with van der Waals surface area (Å²) in [6, 6.07) is 7.66. The molecule has 0 spiro atoms. The van der Waals surface area contributed by atoms with E-state index in [1.54, 1.807) is 18.6 Å². The van der Waals surface area contributed by atoms with Crippen molar-refractivity contribution in [3.8, 4) is 0 Å². The van der Waals surface area contributed by atoms with Gasteiger partial charge in [-0.15, -0.1) is 0 Å². The Morgan fingerprint density at radius 1 is 1.33 bits per heavy atom. The fraction of sp³-hybridized carbons (Fsp3) is 0.312. The molecule has 1 aromatic carbocycles. The number of benzene rings is 1. The monoisotopic (exact) mass is 305 g/mol. The normalized spacial score (nSPS) is 14.6. The molecule has 0 bridgehead atoms. The Balaban J connectivity index is 1.80. The van der Waals surface area contributed by atoms with Crippen molar-refractivity contribution in [1.29, 1.82) is 0 Å². The predicted molar refractivity (Wildman–Crippen MR) is 79.4 cm³/mol. The number of furan rings is 1. The van der Waals surface area contributed by atoms with E-state index in [0.717, 1.165) is 17.7 Å². The van der Waals surface area contributed by atoms with E-state index in [2.05, 4.69) is 4.90 Å². The second-order valence-corrected chi connectivity index (χ2v) is 5.73. The van der Waals surface area contributed by atoms with Gasteiger partial charge in [0.15, 0.2) is 0 Å². The lowest BCUT2D eigenvalue weighted by Crippen LogP contribution is -2.25. The van der Waals surface area contributed by atoms with Crippen LogP contribution in [0.4, 0.5) is 0 Å². The number of nitrogens with zero attached hydrogens (tertiary/aromatic N) is 1. The molecule has 1 N–H and O–H groups in total. The number of carboxylic acid groups (broad SMARTS) is 1. The Hall–Kier alpha value is -1.78. The van der Waals surface area contributed by atoms with Crippen molar-refractivity contribution in [1.82, 2.24) is 4.90 Å². The highest BCUT2D eigenvalue weighted by Crippen LogP contribution is 2.32. The fourth-order valence-electron chi connectivity index (χ4n) is 2.46. The first-order valence-electron chi connectivity index (χ1n) is 6.91. The smallest absolute Gasteiger partial charge is 0.337 e. The molecule has 1 saturated carbocycles. The van der Waals surface area contributed by atoms with E-state index in [1.165, 1.54) is 18.9 Å². The van der Waals surface area contributed by atoms with Crippen LogP contribution >= 0.6 is 11.6 Å². The lowest BCUT2D eigenvalue weighted by molar-refractivity contribution is 0.0697. The average molecular weight is 306 g/mol. The summed E-state index contributed by atoms with van der Waals surface area (Å²) in [5, 5.41) is 9.48. The van der Waals surface area contributed by atoms with E-state index in [0.29, 0.717) is 17.6 Å². The predicted octanol–water partition coefficient (Wildman–Crippen LogP) is 3.80. The van der Waals surface area contributed by atoms with Crippen LogP contribution in [0.3, 0.4) is 0 Å². The quantitative estimate of drug-likeness (QED) is 0.882. The molecular formula is C16H16ClNO3. The summed E-state index contributed by atoms with van der Waals surface area (Å²) in [6.07, 6.45) is 5.76. The van der Waals surface area contributed by atoms with Gasteiger partial charge >= 0.3 is 5.97 Å². The number of rotatable bonds is 6. The second kappa shape index (κ2) is 5.92. The first-order chi connectivity index (χ1) is 10.1. The molecule has 1 aliphatic rings. The first kappa shape index (κ1) is 14.2. The maximum Gasteiger partial charge on any atom is 0.337 e. The van der Waals surface area contributed by atoms with Crippen molar-refractivity contribution >= 4 is 17.6 Å². The summed E-state index contributed by atoms with van der Waals surface area (Å²) >= 11 is 6.23. The van der Waals surface area contributed by atoms with Crippen molar-refractivity contribution in [2.45, 2.75) is 32.0 Å². The van der Waals surface area contributed by atoms with E-state index in [4.69, 9.17) is 21.1 Å². The van der Waals surface area contributed by atoms with Crippen molar-refractivity contribution in [2.24, 2.45) is 0 Å². The van der Waals surface area contributed by atoms with Gasteiger partial charge in [0.25, 0.3) is 0 Å². The van der Waals surface area contributed by atoms with E-state index in [9.17, 15) is 4.79 Å². The standard InChI is InChI=1S/C16H16ClNO3/c17-15-12(2-1-3-14(15)16(19)20)9-18(13-4-5-13)8-11-6-7-21-10-11/h1-3,6-7,10,13H,4-5,8-9H2,(H,19,20). The van der Waals surface area contributed by atoms with Crippen LogP contribution in [-0.4, -0.2) is 22.0 Å². The Morgan fingerprint density at radius 2 is 2.14 bits per heavy atom. The molecule has 0 amide bonds. The van der Waals surface area contributed by atoms with Gasteiger partial charge < -0.3 is 9.52 Å². The van der Waals surface area contributed by atoms with Crippen LogP contribution in [0, 0.1) is 0 Å². The molecule has 0 atom stereocenters. The molecule has 1 fully saturated rings. The summed E-state index contributed by atoms with van der Waals surface area (Å²) in [6.45, 7) is 1.44. The van der Waals surface area contributed by atoms with E-state index in [1.807, 2.05) is 12.1 Å². The van der Waals surface area contributed by atoms with Crippen molar-refractivity contribution in [2.75, 3.05) is 0 Å². The number of aromatic carboxylic acids is 1. The van der Waals surface area contributed by atoms with Gasteiger partial charge in [0.2, 0.25) is 0 Å². The van der Waals surface area contributed by atoms with Gasteiger partial charge in [-0.05, 0) is 30.5 Å². The summed E-state index contributed by atoms with van der Waals surface area (Å²) in [5.41, 5.74) is 2.13. The Bertz CT molecular complexity index is 635. The zero-order valence-corrected chi connectivity index (χ0v) is 12.2. The molecule has 1 aromatic heterocycles. The van der Waals surface area contributed by atoms with Gasteiger partial charge in [0, 0.05) is 24.7 Å². The zero-order chi connectivity index (χ0) is 14.8. The summed E-state index contributed by atoms with van der Waals surface area (Å²) < 4.78 is 5.11. The number of carbonyl (C=O) groups is 1. The summed E-state index contributed by atoms with van der Waals surface area (Å²) in [7, 11) is 0. The van der Waals surface area contributed by atoms with Crippen LogP contribution in [0.25, 0.3) is 0 Å². The molecule has 0 saturated heterocycles. The van der Waals surface area contributed by atoms with E-state index < -0.39 is 5.97 Å². The van der Waals surface area contributed by atoms with E-state index >= 15 is 0 Å². The third-order valence-corrected chi connectivity index (χ3v) is 4.16. The van der Waals surface area contributed by atoms with Crippen molar-refractivity contribution < 1.29 is 14.3 Å². The van der Waals surface area contributed by atoms with Crippen LogP contribution in [0.5, 0.6) is 0 Å². The van der Waals surface area contributed by atoms with E-state index in [-0.39, 0.29) is 5.56 Å². The molecule has 0 radical (unpaired) electrons. The van der Waals surface area contributed by atoms with Crippen LogP contribution < -0.4 is 0 Å². The third-order valence-electron chi connectivity index (χ3n) is 3.71. The Morgan fingerprint density at radius 3 is 2.76 bits per heavy atom. The Labute approximate surface area is 127 Å². The summed E-state index contributed by atoms with van der Waals surface area (Å²) in [4.78, 5) is 13.5. The van der Waals surface area contributed by atoms with Crippen LogP contribution in [-0.2, 0) is 13.1 Å². The fourth-order valence-corrected chi connectivity index (χ4v) is 2.72. The highest BCUT2D eigenvalue weighted by molar-refractivity contribution is 6.34. The molecule has 5 heteroatoms. The molecule has 1 heterocycles.